The van der Waals surface area contributed by atoms with E-state index in [9.17, 15) is 9.59 Å². The minimum absolute atomic E-state index is 0.320. The summed E-state index contributed by atoms with van der Waals surface area (Å²) in [6.45, 7) is 0.735. The Morgan fingerprint density at radius 3 is 2.17 bits per heavy atom. The summed E-state index contributed by atoms with van der Waals surface area (Å²) in [7, 11) is 1.57. The second-order valence-electron chi connectivity index (χ2n) is 4.73. The van der Waals surface area contributed by atoms with E-state index >= 15 is 0 Å². The number of ether oxygens (including phenoxy) is 2. The topological polar surface area (TPSA) is 76.7 Å². The van der Waals surface area contributed by atoms with Crippen LogP contribution in [0.1, 0.15) is 20.7 Å². The van der Waals surface area contributed by atoms with Gasteiger partial charge in [0.25, 0.3) is 11.8 Å². The van der Waals surface area contributed by atoms with Gasteiger partial charge < -0.3 is 9.47 Å². The molecule has 0 saturated carbocycles. The van der Waals surface area contributed by atoms with Crippen molar-refractivity contribution in [3.63, 3.8) is 0 Å². The van der Waals surface area contributed by atoms with E-state index in [1.807, 2.05) is 0 Å². The smallest absolute Gasteiger partial charge is 0.273 e. The number of methoxy groups -OCH3 is 1. The van der Waals surface area contributed by atoms with Crippen molar-refractivity contribution in [3.8, 4) is 5.75 Å². The third kappa shape index (κ3) is 4.81. The van der Waals surface area contributed by atoms with Crippen molar-refractivity contribution in [1.29, 1.82) is 0 Å². The predicted molar refractivity (Wildman–Crippen MR) is 92.9 cm³/mol. The van der Waals surface area contributed by atoms with E-state index < -0.39 is 11.8 Å². The van der Waals surface area contributed by atoms with Crippen molar-refractivity contribution >= 4 is 27.7 Å². The molecule has 7 heteroatoms. The molecule has 0 fully saturated rings. The van der Waals surface area contributed by atoms with Gasteiger partial charge in [-0.15, -0.1) is 0 Å². The first-order valence-electron chi connectivity index (χ1n) is 7.19. The first-order chi connectivity index (χ1) is 11.6. The summed E-state index contributed by atoms with van der Waals surface area (Å²) in [5.41, 5.74) is 5.51. The molecule has 0 aliphatic rings. The van der Waals surface area contributed by atoms with Gasteiger partial charge in [-0.25, -0.2) is 0 Å². The van der Waals surface area contributed by atoms with Crippen LogP contribution in [0.25, 0.3) is 0 Å². The Hall–Kier alpha value is -2.38. The molecule has 0 unspecified atom stereocenters. The highest BCUT2D eigenvalue weighted by molar-refractivity contribution is 9.10. The Balaban J connectivity index is 2.00. The average molecular weight is 393 g/mol. The summed E-state index contributed by atoms with van der Waals surface area (Å²) < 4.78 is 11.1. The summed E-state index contributed by atoms with van der Waals surface area (Å²) in [5.74, 6) is -0.473. The maximum absolute atomic E-state index is 12.3. The summed E-state index contributed by atoms with van der Waals surface area (Å²) in [6.07, 6.45) is 0. The fourth-order valence-electron chi connectivity index (χ4n) is 1.91. The molecule has 126 valence electrons. The van der Waals surface area contributed by atoms with Crippen molar-refractivity contribution < 1.29 is 19.1 Å². The molecule has 0 radical (unpaired) electrons. The van der Waals surface area contributed by atoms with Gasteiger partial charge in [-0.05, 0) is 40.2 Å². The van der Waals surface area contributed by atoms with Crippen molar-refractivity contribution in [2.75, 3.05) is 20.3 Å². The highest BCUT2D eigenvalue weighted by atomic mass is 79.9. The number of halogens is 1. The molecule has 2 rings (SSSR count). The summed E-state index contributed by atoms with van der Waals surface area (Å²) >= 11 is 3.29. The molecule has 6 nitrogen and oxygen atoms in total. The Bertz CT molecular complexity index is 721. The molecule has 0 aromatic heterocycles. The zero-order valence-electron chi connectivity index (χ0n) is 13.0. The van der Waals surface area contributed by atoms with Crippen molar-refractivity contribution in [2.24, 2.45) is 0 Å². The molecule has 0 bridgehead atoms. The molecule has 0 aliphatic heterocycles. The monoisotopic (exact) mass is 392 g/mol. The van der Waals surface area contributed by atoms with Crippen LogP contribution in [-0.4, -0.2) is 32.1 Å². The fraction of sp³-hybridized carbons (Fsp3) is 0.176. The maximum Gasteiger partial charge on any atom is 0.273 e. The molecule has 2 amide bonds. The van der Waals surface area contributed by atoms with Gasteiger partial charge in [0.15, 0.2) is 0 Å². The Labute approximate surface area is 148 Å². The van der Waals surface area contributed by atoms with Crippen LogP contribution < -0.4 is 15.6 Å². The molecule has 0 heterocycles. The second kappa shape index (κ2) is 9.05. The molecule has 0 aliphatic carbocycles. The highest BCUT2D eigenvalue weighted by Crippen LogP contribution is 2.18. The number of rotatable bonds is 6. The van der Waals surface area contributed by atoms with Crippen LogP contribution in [0.4, 0.5) is 0 Å². The lowest BCUT2D eigenvalue weighted by molar-refractivity contribution is 0.0842. The van der Waals surface area contributed by atoms with Gasteiger partial charge in [0.1, 0.15) is 12.4 Å². The average Bonchev–Trinajstić information content (AvgIpc) is 2.60. The van der Waals surface area contributed by atoms with Crippen LogP contribution in [0, 0.1) is 0 Å². The molecular weight excluding hydrogens is 376 g/mol. The SMILES string of the molecule is COCCOc1ccccc1C(=O)NNC(=O)c1ccccc1Br. The zero-order chi connectivity index (χ0) is 17.4. The van der Waals surface area contributed by atoms with Crippen molar-refractivity contribution in [1.82, 2.24) is 10.9 Å². The Morgan fingerprint density at radius 1 is 0.917 bits per heavy atom. The minimum Gasteiger partial charge on any atom is -0.490 e. The minimum atomic E-state index is -0.469. The van der Waals surface area contributed by atoms with Gasteiger partial charge >= 0.3 is 0 Å². The normalized spacial score (nSPS) is 10.1. The summed E-state index contributed by atoms with van der Waals surface area (Å²) in [4.78, 5) is 24.4. The number of para-hydroxylation sites is 1. The fourth-order valence-corrected chi connectivity index (χ4v) is 2.37. The molecule has 2 aromatic rings. The van der Waals surface area contributed by atoms with Gasteiger partial charge in [-0.1, -0.05) is 24.3 Å². The van der Waals surface area contributed by atoms with Crippen molar-refractivity contribution in [2.45, 2.75) is 0 Å². The van der Waals surface area contributed by atoms with Crippen LogP contribution in [0.2, 0.25) is 0 Å². The number of benzene rings is 2. The van der Waals surface area contributed by atoms with Crippen molar-refractivity contribution in [3.05, 3.63) is 64.1 Å². The summed E-state index contributed by atoms with van der Waals surface area (Å²) in [6, 6.07) is 13.7. The van der Waals surface area contributed by atoms with Gasteiger partial charge in [-0.2, -0.15) is 0 Å². The number of amides is 2. The van der Waals surface area contributed by atoms with E-state index in [4.69, 9.17) is 9.47 Å². The molecule has 2 N–H and O–H groups in total. The lowest BCUT2D eigenvalue weighted by Gasteiger charge is -2.12. The Kier molecular flexibility index (Phi) is 6.77. The molecule has 0 atom stereocenters. The lowest BCUT2D eigenvalue weighted by atomic mass is 10.2. The highest BCUT2D eigenvalue weighted by Gasteiger charge is 2.14. The quantitative estimate of drug-likeness (QED) is 0.584. The predicted octanol–water partition coefficient (Wildman–Crippen LogP) is 2.55. The molecule has 0 spiro atoms. The number of hydrogen-bond acceptors (Lipinski definition) is 4. The standard InChI is InChI=1S/C17H17BrN2O4/c1-23-10-11-24-15-9-5-3-7-13(15)17(22)20-19-16(21)12-6-2-4-8-14(12)18/h2-9H,10-11H2,1H3,(H,19,21)(H,20,22). The largest absolute Gasteiger partial charge is 0.490 e. The van der Waals surface area contributed by atoms with E-state index in [-0.39, 0.29) is 0 Å². The van der Waals surface area contributed by atoms with Crippen LogP contribution >= 0.6 is 15.9 Å². The maximum atomic E-state index is 12.3. The van der Waals surface area contributed by atoms with Gasteiger partial charge in [0, 0.05) is 11.6 Å². The van der Waals surface area contributed by atoms with Crippen LogP contribution in [-0.2, 0) is 4.74 Å². The number of hydrazine groups is 1. The Morgan fingerprint density at radius 2 is 1.50 bits per heavy atom. The number of carbonyl (C=O) groups is 2. The molecule has 2 aromatic carbocycles. The first kappa shape index (κ1) is 18.0. The first-order valence-corrected chi connectivity index (χ1v) is 7.98. The van der Waals surface area contributed by atoms with Crippen LogP contribution in [0.15, 0.2) is 53.0 Å². The zero-order valence-corrected chi connectivity index (χ0v) is 14.6. The third-order valence-electron chi connectivity index (χ3n) is 3.08. The van der Waals surface area contributed by atoms with E-state index in [2.05, 4.69) is 26.8 Å². The molecule has 24 heavy (non-hydrogen) atoms. The van der Waals surface area contributed by atoms with Gasteiger partial charge in [0.2, 0.25) is 0 Å². The summed E-state index contributed by atoms with van der Waals surface area (Å²) in [5, 5.41) is 0. The van der Waals surface area contributed by atoms with Gasteiger partial charge in [-0.3, -0.25) is 20.4 Å². The van der Waals surface area contributed by atoms with E-state index in [1.54, 1.807) is 55.6 Å². The number of carbonyl (C=O) groups excluding carboxylic acids is 2. The van der Waals surface area contributed by atoms with E-state index in [0.29, 0.717) is 34.6 Å². The molecular formula is C17H17BrN2O4. The second-order valence-corrected chi connectivity index (χ2v) is 5.58. The van der Waals surface area contributed by atoms with E-state index in [1.165, 1.54) is 0 Å². The van der Waals surface area contributed by atoms with E-state index in [0.717, 1.165) is 0 Å². The van der Waals surface area contributed by atoms with Crippen LogP contribution in [0.3, 0.4) is 0 Å². The van der Waals surface area contributed by atoms with Gasteiger partial charge in [0.05, 0.1) is 17.7 Å². The lowest BCUT2D eigenvalue weighted by Crippen LogP contribution is -2.41. The number of nitrogens with one attached hydrogen (secondary N) is 2. The van der Waals surface area contributed by atoms with Crippen LogP contribution in [0.5, 0.6) is 5.75 Å². The molecule has 0 saturated heterocycles. The third-order valence-corrected chi connectivity index (χ3v) is 3.78. The number of hydrogen-bond donors (Lipinski definition) is 2.